The van der Waals surface area contributed by atoms with Crippen LogP contribution in [0.5, 0.6) is 0 Å². The Labute approximate surface area is 164 Å². The molecule has 0 aliphatic rings. The van der Waals surface area contributed by atoms with Gasteiger partial charge in [0.2, 0.25) is 10.1 Å². The minimum absolute atomic E-state index is 0.151. The number of aromatic nitrogens is 2. The lowest BCUT2D eigenvalue weighted by Crippen LogP contribution is -2.13. The number of hydrogen-bond donors (Lipinski definition) is 1. The van der Waals surface area contributed by atoms with Gasteiger partial charge in [0.25, 0.3) is 5.91 Å². The molecular formula is C17H8ClF3N4O2S. The van der Waals surface area contributed by atoms with Gasteiger partial charge >= 0.3 is 6.18 Å². The molecule has 3 aromatic rings. The summed E-state index contributed by atoms with van der Waals surface area (Å²) < 4.78 is 43.2. The largest absolute Gasteiger partial charge is 0.457 e. The minimum atomic E-state index is -4.67. The molecule has 11 heteroatoms. The molecule has 0 fully saturated rings. The summed E-state index contributed by atoms with van der Waals surface area (Å²) in [6.07, 6.45) is -3.51. The van der Waals surface area contributed by atoms with Crippen molar-refractivity contribution < 1.29 is 22.4 Å². The van der Waals surface area contributed by atoms with Crippen molar-refractivity contribution in [3.8, 4) is 17.4 Å². The fourth-order valence-corrected chi connectivity index (χ4v) is 2.91. The fourth-order valence-electron chi connectivity index (χ4n) is 2.08. The zero-order valence-corrected chi connectivity index (χ0v) is 15.2. The average Bonchev–Trinajstić information content (AvgIpc) is 3.29. The van der Waals surface area contributed by atoms with E-state index in [1.165, 1.54) is 6.07 Å². The molecule has 0 atom stereocenters. The number of hydrogen-bond acceptors (Lipinski definition) is 6. The number of amides is 1. The summed E-state index contributed by atoms with van der Waals surface area (Å²) in [5.74, 6) is -0.327. The molecule has 28 heavy (non-hydrogen) atoms. The number of nitrogens with zero attached hydrogens (tertiary/aromatic N) is 3. The van der Waals surface area contributed by atoms with Crippen molar-refractivity contribution in [1.29, 1.82) is 5.26 Å². The number of nitrogens with one attached hydrogen (secondary N) is 1. The van der Waals surface area contributed by atoms with Crippen LogP contribution in [0.3, 0.4) is 0 Å². The van der Waals surface area contributed by atoms with Crippen LogP contribution in [0.1, 0.15) is 10.8 Å². The lowest BCUT2D eigenvalue weighted by molar-refractivity contribution is -0.138. The van der Waals surface area contributed by atoms with Gasteiger partial charge in [0.05, 0.1) is 5.02 Å². The van der Waals surface area contributed by atoms with E-state index in [-0.39, 0.29) is 27.8 Å². The molecule has 0 saturated carbocycles. The maximum absolute atomic E-state index is 12.5. The van der Waals surface area contributed by atoms with Gasteiger partial charge in [-0.25, -0.2) is 0 Å². The molecule has 0 aliphatic heterocycles. The quantitative estimate of drug-likeness (QED) is 0.469. The number of halogens is 4. The molecule has 1 amide bonds. The van der Waals surface area contributed by atoms with E-state index in [0.29, 0.717) is 16.3 Å². The second kappa shape index (κ2) is 7.84. The van der Waals surface area contributed by atoms with E-state index in [4.69, 9.17) is 16.0 Å². The van der Waals surface area contributed by atoms with E-state index in [1.807, 2.05) is 0 Å². The van der Waals surface area contributed by atoms with Crippen LogP contribution in [0.4, 0.5) is 18.3 Å². The van der Waals surface area contributed by atoms with Gasteiger partial charge in [-0.1, -0.05) is 35.1 Å². The second-order valence-electron chi connectivity index (χ2n) is 5.22. The van der Waals surface area contributed by atoms with E-state index in [2.05, 4.69) is 15.5 Å². The number of carbonyl (C=O) groups is 1. The van der Waals surface area contributed by atoms with E-state index in [1.54, 1.807) is 36.4 Å². The van der Waals surface area contributed by atoms with Crippen molar-refractivity contribution >= 4 is 40.1 Å². The summed E-state index contributed by atoms with van der Waals surface area (Å²) in [7, 11) is 0. The zero-order chi connectivity index (χ0) is 20.3. The highest BCUT2D eigenvalue weighted by Crippen LogP contribution is 2.33. The number of furan rings is 1. The highest BCUT2D eigenvalue weighted by Gasteiger charge is 2.35. The van der Waals surface area contributed by atoms with E-state index in [9.17, 15) is 23.2 Å². The van der Waals surface area contributed by atoms with Gasteiger partial charge in [-0.3, -0.25) is 10.1 Å². The predicted molar refractivity (Wildman–Crippen MR) is 96.3 cm³/mol. The smallest absolute Gasteiger partial charge is 0.445 e. The van der Waals surface area contributed by atoms with Crippen LogP contribution < -0.4 is 5.32 Å². The molecule has 0 bridgehead atoms. The van der Waals surface area contributed by atoms with Crippen LogP contribution in [0.25, 0.3) is 17.4 Å². The third-order valence-electron chi connectivity index (χ3n) is 3.31. The van der Waals surface area contributed by atoms with E-state index in [0.717, 1.165) is 6.08 Å². The summed E-state index contributed by atoms with van der Waals surface area (Å²) in [6, 6.07) is 11.7. The molecular weight excluding hydrogens is 417 g/mol. The molecule has 0 saturated heterocycles. The summed E-state index contributed by atoms with van der Waals surface area (Å²) in [5.41, 5.74) is 0.240. The third-order valence-corrected chi connectivity index (χ3v) is 4.52. The molecule has 0 aliphatic carbocycles. The van der Waals surface area contributed by atoms with E-state index >= 15 is 0 Å². The fraction of sp³-hybridized carbons (Fsp3) is 0.0588. The van der Waals surface area contributed by atoms with Gasteiger partial charge in [0.1, 0.15) is 23.2 Å². The van der Waals surface area contributed by atoms with Crippen molar-refractivity contribution in [1.82, 2.24) is 10.2 Å². The zero-order valence-electron chi connectivity index (χ0n) is 13.6. The molecule has 2 heterocycles. The molecule has 6 nitrogen and oxygen atoms in total. The lowest BCUT2D eigenvalue weighted by atomic mass is 10.2. The molecule has 1 N–H and O–H groups in total. The van der Waals surface area contributed by atoms with Crippen molar-refractivity contribution in [2.75, 3.05) is 5.32 Å². The highest BCUT2D eigenvalue weighted by atomic mass is 35.5. The number of rotatable bonds is 4. The first-order valence-corrected chi connectivity index (χ1v) is 8.66. The van der Waals surface area contributed by atoms with Crippen LogP contribution in [-0.4, -0.2) is 16.1 Å². The first-order valence-electron chi connectivity index (χ1n) is 7.46. The third kappa shape index (κ3) is 4.39. The normalized spacial score (nSPS) is 11.9. The van der Waals surface area contributed by atoms with Crippen molar-refractivity contribution in [2.45, 2.75) is 6.18 Å². The summed E-state index contributed by atoms with van der Waals surface area (Å²) in [4.78, 5) is 12.1. The second-order valence-corrected chi connectivity index (χ2v) is 6.60. The van der Waals surface area contributed by atoms with Crippen molar-refractivity contribution in [2.24, 2.45) is 0 Å². The predicted octanol–water partition coefficient (Wildman–Crippen LogP) is 5.02. The monoisotopic (exact) mass is 424 g/mol. The average molecular weight is 425 g/mol. The van der Waals surface area contributed by atoms with Gasteiger partial charge in [-0.15, -0.1) is 10.2 Å². The number of benzene rings is 1. The number of nitriles is 1. The molecule has 0 radical (unpaired) electrons. The maximum atomic E-state index is 12.5. The Hall–Kier alpha value is -3.16. The SMILES string of the molecule is N#C/C(=C/c1ccc(-c2ccccc2Cl)o1)C(=O)Nc1nnc(C(F)(F)F)s1. The van der Waals surface area contributed by atoms with E-state index < -0.39 is 17.1 Å². The van der Waals surface area contributed by atoms with Crippen LogP contribution in [0.15, 0.2) is 46.4 Å². The topological polar surface area (TPSA) is 91.8 Å². The number of anilines is 1. The molecule has 3 rings (SSSR count). The van der Waals surface area contributed by atoms with Crippen LogP contribution in [0, 0.1) is 11.3 Å². The van der Waals surface area contributed by atoms with Gasteiger partial charge < -0.3 is 4.42 Å². The van der Waals surface area contributed by atoms with Gasteiger partial charge in [0.15, 0.2) is 0 Å². The first-order chi connectivity index (χ1) is 13.3. The van der Waals surface area contributed by atoms with Crippen LogP contribution >= 0.6 is 22.9 Å². The first kappa shape index (κ1) is 19.6. The Bertz CT molecular complexity index is 1100. The van der Waals surface area contributed by atoms with Crippen molar-refractivity contribution in [3.63, 3.8) is 0 Å². The highest BCUT2D eigenvalue weighted by molar-refractivity contribution is 7.15. The number of carbonyl (C=O) groups excluding carboxylic acids is 1. The minimum Gasteiger partial charge on any atom is -0.457 e. The van der Waals surface area contributed by atoms with Crippen molar-refractivity contribution in [3.05, 3.63) is 57.8 Å². The molecule has 0 unspecified atom stereocenters. The molecule has 0 spiro atoms. The Morgan fingerprint density at radius 1 is 1.25 bits per heavy atom. The number of alkyl halides is 3. The maximum Gasteiger partial charge on any atom is 0.445 e. The summed E-state index contributed by atoms with van der Waals surface area (Å²) in [6.45, 7) is 0. The Morgan fingerprint density at radius 2 is 2.00 bits per heavy atom. The lowest BCUT2D eigenvalue weighted by Gasteiger charge is -2.00. The Kier molecular flexibility index (Phi) is 5.48. The summed E-state index contributed by atoms with van der Waals surface area (Å²) in [5, 5.41) is 16.4. The standard InChI is InChI=1S/C17H8ClF3N4O2S/c18-12-4-2-1-3-11(12)13-6-5-10(27-13)7-9(8-22)14(26)23-16-25-24-15(28-16)17(19,20)21/h1-7H,(H,23,25,26)/b9-7-. The van der Waals surface area contributed by atoms with Gasteiger partial charge in [-0.2, -0.15) is 18.4 Å². The summed E-state index contributed by atoms with van der Waals surface area (Å²) >= 11 is 6.24. The van der Waals surface area contributed by atoms with Crippen LogP contribution in [0.2, 0.25) is 5.02 Å². The Morgan fingerprint density at radius 3 is 2.64 bits per heavy atom. The molecule has 142 valence electrons. The molecule has 1 aromatic carbocycles. The van der Waals surface area contributed by atoms with Gasteiger partial charge in [-0.05, 0) is 24.3 Å². The Balaban J connectivity index is 1.79. The van der Waals surface area contributed by atoms with Gasteiger partial charge in [0, 0.05) is 11.6 Å². The molecule has 2 aromatic heterocycles. The van der Waals surface area contributed by atoms with Crippen LogP contribution in [-0.2, 0) is 11.0 Å².